The van der Waals surface area contributed by atoms with Crippen molar-refractivity contribution in [2.24, 2.45) is 0 Å². The van der Waals surface area contributed by atoms with Gasteiger partial charge in [0.25, 0.3) is 0 Å². The lowest BCUT2D eigenvalue weighted by Gasteiger charge is -2.16. The van der Waals surface area contributed by atoms with Crippen LogP contribution in [0.3, 0.4) is 0 Å². The SMILES string of the molecule is CCCCCCCCc1ccc(O)c(CCCC)c1CCCC. The van der Waals surface area contributed by atoms with Gasteiger partial charge in [-0.3, -0.25) is 0 Å². The van der Waals surface area contributed by atoms with E-state index >= 15 is 0 Å². The van der Waals surface area contributed by atoms with Gasteiger partial charge in [-0.15, -0.1) is 0 Å². The molecule has 1 rings (SSSR count). The highest BCUT2D eigenvalue weighted by molar-refractivity contribution is 5.45. The molecule has 0 unspecified atom stereocenters. The molecule has 1 nitrogen and oxygen atoms in total. The predicted molar refractivity (Wildman–Crippen MR) is 102 cm³/mol. The molecule has 0 amide bonds. The minimum absolute atomic E-state index is 0.524. The van der Waals surface area contributed by atoms with Crippen molar-refractivity contribution >= 4 is 0 Å². The van der Waals surface area contributed by atoms with Gasteiger partial charge < -0.3 is 5.11 Å². The Labute approximate surface area is 144 Å². The number of hydrogen-bond donors (Lipinski definition) is 1. The Bertz CT molecular complexity index is 422. The van der Waals surface area contributed by atoms with E-state index < -0.39 is 0 Å². The molecule has 132 valence electrons. The van der Waals surface area contributed by atoms with Gasteiger partial charge in [0.05, 0.1) is 0 Å². The van der Waals surface area contributed by atoms with Crippen LogP contribution in [0.1, 0.15) is 102 Å². The quantitative estimate of drug-likeness (QED) is 0.389. The molecule has 1 aromatic rings. The van der Waals surface area contributed by atoms with E-state index in [0.717, 1.165) is 12.8 Å². The van der Waals surface area contributed by atoms with E-state index in [0.29, 0.717) is 5.75 Å². The first-order valence-corrected chi connectivity index (χ1v) is 10.1. The van der Waals surface area contributed by atoms with Gasteiger partial charge in [0.15, 0.2) is 0 Å². The summed E-state index contributed by atoms with van der Waals surface area (Å²) in [6.45, 7) is 6.75. The Balaban J connectivity index is 2.71. The minimum Gasteiger partial charge on any atom is -0.508 e. The van der Waals surface area contributed by atoms with Crippen molar-refractivity contribution in [3.05, 3.63) is 28.8 Å². The van der Waals surface area contributed by atoms with Crippen molar-refractivity contribution < 1.29 is 5.11 Å². The molecule has 23 heavy (non-hydrogen) atoms. The fourth-order valence-corrected chi connectivity index (χ4v) is 3.36. The lowest BCUT2D eigenvalue weighted by molar-refractivity contribution is 0.464. The van der Waals surface area contributed by atoms with Crippen molar-refractivity contribution in [2.45, 2.75) is 104 Å². The lowest BCUT2D eigenvalue weighted by Crippen LogP contribution is -2.02. The van der Waals surface area contributed by atoms with Gasteiger partial charge in [-0.25, -0.2) is 0 Å². The number of aromatic hydroxyl groups is 1. The molecule has 0 bridgehead atoms. The second kappa shape index (κ2) is 12.4. The minimum atomic E-state index is 0.524. The summed E-state index contributed by atoms with van der Waals surface area (Å²) < 4.78 is 0. The third-order valence-electron chi connectivity index (χ3n) is 4.86. The summed E-state index contributed by atoms with van der Waals surface area (Å²) in [6.07, 6.45) is 16.3. The third kappa shape index (κ3) is 7.42. The Morgan fingerprint density at radius 3 is 1.83 bits per heavy atom. The fraction of sp³-hybridized carbons (Fsp3) is 0.727. The maximum atomic E-state index is 10.3. The van der Waals surface area contributed by atoms with Crippen molar-refractivity contribution in [1.82, 2.24) is 0 Å². The third-order valence-corrected chi connectivity index (χ3v) is 4.86. The monoisotopic (exact) mass is 318 g/mol. The molecule has 0 heterocycles. The number of aryl methyl sites for hydroxylation is 1. The summed E-state index contributed by atoms with van der Waals surface area (Å²) in [5.41, 5.74) is 4.20. The molecule has 1 N–H and O–H groups in total. The normalized spacial score (nSPS) is 11.1. The summed E-state index contributed by atoms with van der Waals surface area (Å²) in [5, 5.41) is 10.3. The van der Waals surface area contributed by atoms with Gasteiger partial charge >= 0.3 is 0 Å². The largest absolute Gasteiger partial charge is 0.508 e. The number of phenols is 1. The molecule has 0 radical (unpaired) electrons. The molecule has 1 aromatic carbocycles. The summed E-state index contributed by atoms with van der Waals surface area (Å²) in [6, 6.07) is 4.12. The summed E-state index contributed by atoms with van der Waals surface area (Å²) >= 11 is 0. The zero-order valence-corrected chi connectivity index (χ0v) is 15.8. The molecule has 0 saturated heterocycles. The van der Waals surface area contributed by atoms with E-state index in [1.54, 1.807) is 0 Å². The van der Waals surface area contributed by atoms with Gasteiger partial charge in [-0.1, -0.05) is 71.8 Å². The van der Waals surface area contributed by atoms with Crippen LogP contribution >= 0.6 is 0 Å². The van der Waals surface area contributed by atoms with Crippen LogP contribution in [0.25, 0.3) is 0 Å². The first-order valence-electron chi connectivity index (χ1n) is 10.1. The highest BCUT2D eigenvalue weighted by Gasteiger charge is 2.12. The van der Waals surface area contributed by atoms with Crippen molar-refractivity contribution in [3.8, 4) is 5.75 Å². The lowest BCUT2D eigenvalue weighted by atomic mass is 9.90. The van der Waals surface area contributed by atoms with Crippen LogP contribution in [0, 0.1) is 0 Å². The van der Waals surface area contributed by atoms with E-state index in [4.69, 9.17) is 0 Å². The molecule has 0 aromatic heterocycles. The molecular weight excluding hydrogens is 280 g/mol. The van der Waals surface area contributed by atoms with Gasteiger partial charge in [0.1, 0.15) is 5.75 Å². The predicted octanol–water partition coefficient (Wildman–Crippen LogP) is 6.98. The topological polar surface area (TPSA) is 20.2 Å². The first-order chi connectivity index (χ1) is 11.2. The fourth-order valence-electron chi connectivity index (χ4n) is 3.36. The van der Waals surface area contributed by atoms with Gasteiger partial charge in [0.2, 0.25) is 0 Å². The summed E-state index contributed by atoms with van der Waals surface area (Å²) in [4.78, 5) is 0. The second-order valence-electron chi connectivity index (χ2n) is 6.93. The maximum absolute atomic E-state index is 10.3. The maximum Gasteiger partial charge on any atom is 0.119 e. The number of phenolic OH excluding ortho intramolecular Hbond substituents is 1. The summed E-state index contributed by atoms with van der Waals surface area (Å²) in [5.74, 6) is 0.524. The van der Waals surface area contributed by atoms with Gasteiger partial charge in [0, 0.05) is 0 Å². The molecule has 0 aliphatic carbocycles. The van der Waals surface area contributed by atoms with Crippen molar-refractivity contribution in [2.75, 3.05) is 0 Å². The van der Waals surface area contributed by atoms with Crippen molar-refractivity contribution in [1.29, 1.82) is 0 Å². The average molecular weight is 319 g/mol. The number of rotatable bonds is 13. The highest BCUT2D eigenvalue weighted by Crippen LogP contribution is 2.29. The molecule has 0 atom stereocenters. The van der Waals surface area contributed by atoms with E-state index in [-0.39, 0.29) is 0 Å². The van der Waals surface area contributed by atoms with E-state index in [9.17, 15) is 5.11 Å². The number of unbranched alkanes of at least 4 members (excludes halogenated alkanes) is 7. The zero-order chi connectivity index (χ0) is 16.9. The van der Waals surface area contributed by atoms with Gasteiger partial charge in [-0.05, 0) is 61.3 Å². The molecule has 1 heteroatoms. The molecule has 0 aliphatic heterocycles. The Hall–Kier alpha value is -0.980. The number of benzene rings is 1. The number of hydrogen-bond acceptors (Lipinski definition) is 1. The Morgan fingerprint density at radius 2 is 1.17 bits per heavy atom. The van der Waals surface area contributed by atoms with Crippen LogP contribution in [0.2, 0.25) is 0 Å². The van der Waals surface area contributed by atoms with Crippen LogP contribution in [-0.4, -0.2) is 5.11 Å². The standard InChI is InChI=1S/C22H38O/c1-4-7-10-11-12-13-14-19-17-18-22(23)21(16-9-6-3)20(19)15-8-5-2/h17-18,23H,4-16H2,1-3H3. The first kappa shape index (κ1) is 20.1. The van der Waals surface area contributed by atoms with Crippen LogP contribution in [0.4, 0.5) is 0 Å². The molecular formula is C22H38O. The van der Waals surface area contributed by atoms with Crippen LogP contribution in [-0.2, 0) is 19.3 Å². The Kier molecular flexibility index (Phi) is 10.9. The van der Waals surface area contributed by atoms with E-state index in [2.05, 4.69) is 26.8 Å². The molecule has 0 saturated carbocycles. The van der Waals surface area contributed by atoms with Crippen LogP contribution < -0.4 is 0 Å². The smallest absolute Gasteiger partial charge is 0.119 e. The average Bonchev–Trinajstić information content (AvgIpc) is 2.56. The Morgan fingerprint density at radius 1 is 0.609 bits per heavy atom. The molecule has 0 spiro atoms. The van der Waals surface area contributed by atoms with Gasteiger partial charge in [-0.2, -0.15) is 0 Å². The highest BCUT2D eigenvalue weighted by atomic mass is 16.3. The summed E-state index contributed by atoms with van der Waals surface area (Å²) in [7, 11) is 0. The van der Waals surface area contributed by atoms with Crippen LogP contribution in [0.5, 0.6) is 5.75 Å². The molecule has 0 aliphatic rings. The van der Waals surface area contributed by atoms with E-state index in [1.165, 1.54) is 87.3 Å². The van der Waals surface area contributed by atoms with E-state index in [1.807, 2.05) is 6.07 Å². The second-order valence-corrected chi connectivity index (χ2v) is 6.93. The van der Waals surface area contributed by atoms with Crippen molar-refractivity contribution in [3.63, 3.8) is 0 Å². The van der Waals surface area contributed by atoms with Crippen LogP contribution in [0.15, 0.2) is 12.1 Å². The molecule has 0 fully saturated rings. The zero-order valence-electron chi connectivity index (χ0n) is 15.8.